The molecule has 0 aromatic heterocycles. The lowest BCUT2D eigenvalue weighted by molar-refractivity contribution is -0.270. The fourth-order valence-electron chi connectivity index (χ4n) is 8.14. The van der Waals surface area contributed by atoms with Crippen molar-refractivity contribution in [3.05, 3.63) is 0 Å². The first kappa shape index (κ1) is 61.0. The summed E-state index contributed by atoms with van der Waals surface area (Å²) in [6, 6.07) is -3.02. The molecule has 404 valence electrons. The Balaban J connectivity index is 1.41. The van der Waals surface area contributed by atoms with Gasteiger partial charge in [0.1, 0.15) is 73.1 Å². The van der Waals surface area contributed by atoms with Crippen molar-refractivity contribution in [3.63, 3.8) is 0 Å². The monoisotopic (exact) mass is 1000 g/mol. The number of carbonyl (C=O) groups excluding carboxylic acids is 3. The quantitative estimate of drug-likeness (QED) is 0.0281. The van der Waals surface area contributed by atoms with Gasteiger partial charge in [-0.25, -0.2) is 0 Å². The van der Waals surface area contributed by atoms with E-state index < -0.39 is 129 Å². The van der Waals surface area contributed by atoms with E-state index in [-0.39, 0.29) is 31.7 Å². The van der Waals surface area contributed by atoms with Crippen LogP contribution in [0, 0.1) is 11.8 Å². The molecule has 7 unspecified atom stereocenters. The number of aliphatic hydroxyl groups excluding tert-OH is 9. The van der Waals surface area contributed by atoms with Crippen molar-refractivity contribution in [1.29, 1.82) is 0 Å². The third-order valence-electron chi connectivity index (χ3n) is 12.2. The molecule has 3 aliphatic heterocycles. The van der Waals surface area contributed by atoms with E-state index in [2.05, 4.69) is 22.9 Å². The molecule has 24 nitrogen and oxygen atoms in total. The zero-order valence-corrected chi connectivity index (χ0v) is 40.6. The van der Waals surface area contributed by atoms with E-state index in [1.807, 2.05) is 0 Å². The number of carbonyl (C=O) groups is 3. The molecule has 0 radical (unpaired) electrons. The van der Waals surface area contributed by atoms with Gasteiger partial charge in [-0.3, -0.25) is 14.4 Å². The van der Waals surface area contributed by atoms with Crippen molar-refractivity contribution in [2.75, 3.05) is 79.3 Å². The Kier molecular flexibility index (Phi) is 29.5. The fraction of sp³-hybridized carbons (Fsp3) is 0.933. The highest BCUT2D eigenvalue weighted by molar-refractivity contribution is 5.74. The molecule has 3 rings (SSSR count). The molecule has 16 atom stereocenters. The average molecular weight is 1000 g/mol. The van der Waals surface area contributed by atoms with Crippen LogP contribution in [0.2, 0.25) is 0 Å². The smallest absolute Gasteiger partial charge is 0.217 e. The SMILES string of the molecule is CC(=O)NC1[C@H](OCCCCCOCC(C)C(COCCCCCO[C@@H]2OC(CO)[C@H](O)[C@H](O)C2NC(C)=O)COCCCCCO[C@@H]2OC(CO)[C@H](O)[C@H](O)C2NC(C)=O)OC(CO)[C@H](O)[C@@H]1O. The van der Waals surface area contributed by atoms with Crippen LogP contribution in [0.5, 0.6) is 0 Å². The van der Waals surface area contributed by atoms with Gasteiger partial charge >= 0.3 is 0 Å². The summed E-state index contributed by atoms with van der Waals surface area (Å²) in [4.78, 5) is 35.1. The largest absolute Gasteiger partial charge is 0.394 e. The number of aliphatic hydroxyl groups is 9. The Bertz CT molecular complexity index is 1360. The molecule has 0 spiro atoms. The van der Waals surface area contributed by atoms with Crippen LogP contribution in [0.1, 0.15) is 85.5 Å². The summed E-state index contributed by atoms with van der Waals surface area (Å²) < 4.78 is 52.5. The van der Waals surface area contributed by atoms with E-state index in [1.54, 1.807) is 0 Å². The molecule has 0 aliphatic carbocycles. The molecular formula is C45H83N3O21. The maximum absolute atomic E-state index is 11.7. The third kappa shape index (κ3) is 21.0. The molecule has 3 amide bonds. The predicted octanol–water partition coefficient (Wildman–Crippen LogP) is -3.32. The number of ether oxygens (including phenoxy) is 9. The van der Waals surface area contributed by atoms with Gasteiger partial charge in [0, 0.05) is 72.9 Å². The van der Waals surface area contributed by atoms with Crippen LogP contribution in [0.15, 0.2) is 0 Å². The van der Waals surface area contributed by atoms with Crippen LogP contribution in [0.3, 0.4) is 0 Å². The molecule has 3 saturated heterocycles. The Morgan fingerprint density at radius 2 is 0.710 bits per heavy atom. The number of unbranched alkanes of at least 4 members (excludes halogenated alkanes) is 6. The Morgan fingerprint density at radius 1 is 0.435 bits per heavy atom. The van der Waals surface area contributed by atoms with E-state index in [9.17, 15) is 60.3 Å². The Morgan fingerprint density at radius 3 is 0.986 bits per heavy atom. The van der Waals surface area contributed by atoms with Crippen molar-refractivity contribution in [2.24, 2.45) is 11.8 Å². The fourth-order valence-corrected chi connectivity index (χ4v) is 8.14. The Hall–Kier alpha value is -2.31. The minimum absolute atomic E-state index is 0.000416. The molecule has 3 fully saturated rings. The maximum Gasteiger partial charge on any atom is 0.217 e. The Labute approximate surface area is 404 Å². The summed E-state index contributed by atoms with van der Waals surface area (Å²) in [5, 5.41) is 98.4. The molecule has 69 heavy (non-hydrogen) atoms. The first-order valence-corrected chi connectivity index (χ1v) is 24.3. The minimum atomic E-state index is -1.39. The van der Waals surface area contributed by atoms with Crippen molar-refractivity contribution in [2.45, 2.75) is 177 Å². The summed E-state index contributed by atoms with van der Waals surface area (Å²) in [7, 11) is 0. The lowest BCUT2D eigenvalue weighted by Gasteiger charge is -2.42. The van der Waals surface area contributed by atoms with E-state index >= 15 is 0 Å². The topological polar surface area (TPSA) is 352 Å². The zero-order chi connectivity index (χ0) is 50.9. The van der Waals surface area contributed by atoms with Gasteiger partial charge < -0.3 is 105 Å². The first-order chi connectivity index (χ1) is 33.0. The maximum atomic E-state index is 11.7. The number of nitrogens with one attached hydrogen (secondary N) is 3. The van der Waals surface area contributed by atoms with Gasteiger partial charge in [-0.15, -0.1) is 0 Å². The van der Waals surface area contributed by atoms with E-state index in [4.69, 9.17) is 42.6 Å². The van der Waals surface area contributed by atoms with Gasteiger partial charge in [-0.1, -0.05) is 6.92 Å². The minimum Gasteiger partial charge on any atom is -0.394 e. The molecule has 0 aromatic carbocycles. The summed E-state index contributed by atoms with van der Waals surface area (Å²) >= 11 is 0. The van der Waals surface area contributed by atoms with Crippen LogP contribution in [-0.4, -0.2) is 235 Å². The van der Waals surface area contributed by atoms with Gasteiger partial charge in [-0.2, -0.15) is 0 Å². The zero-order valence-electron chi connectivity index (χ0n) is 40.6. The number of hydrogen-bond donors (Lipinski definition) is 12. The lowest BCUT2D eigenvalue weighted by atomic mass is 9.96. The second-order valence-electron chi connectivity index (χ2n) is 18.1. The van der Waals surface area contributed by atoms with Gasteiger partial charge in [0.2, 0.25) is 17.7 Å². The van der Waals surface area contributed by atoms with Crippen LogP contribution in [-0.2, 0) is 57.0 Å². The van der Waals surface area contributed by atoms with E-state index in [1.165, 1.54) is 20.8 Å². The number of hydrogen-bond acceptors (Lipinski definition) is 21. The van der Waals surface area contributed by atoms with Gasteiger partial charge in [-0.05, 0) is 63.7 Å². The highest BCUT2D eigenvalue weighted by atomic mass is 16.7. The summed E-state index contributed by atoms with van der Waals surface area (Å²) in [6.07, 6.45) is -8.40. The standard InChI is InChI=1S/C45H83N3O21/c1-26(23-61-14-8-5-11-17-64-43-34(46-27(2)52)40(58)37(55)31(20-49)67-43)30(24-62-15-9-6-12-18-65-44-35(47-28(3)53)41(59)38(56)32(21-50)68-44)25-63-16-10-7-13-19-66-45-36(48-29(4)54)42(60)39(57)33(22-51)69-45/h26,30-45,49-51,55-60H,5-25H2,1-4H3,(H,46,52)(H,47,53)(H,48,54)/t26?,30?,31?,32?,33?,34?,35?,36?,37-,38-,39-,40+,41+,42+,43+,44+,45+/m0/s1. The van der Waals surface area contributed by atoms with Gasteiger partial charge in [0.05, 0.1) is 33.0 Å². The molecule has 0 saturated carbocycles. The average Bonchev–Trinajstić information content (AvgIpc) is 3.31. The number of amides is 3. The number of rotatable bonds is 34. The lowest BCUT2D eigenvalue weighted by Crippen LogP contribution is -2.64. The van der Waals surface area contributed by atoms with Gasteiger partial charge in [0.25, 0.3) is 0 Å². The normalized spacial score (nSPS) is 32.6. The van der Waals surface area contributed by atoms with Crippen LogP contribution in [0.25, 0.3) is 0 Å². The van der Waals surface area contributed by atoms with Crippen molar-refractivity contribution in [1.82, 2.24) is 16.0 Å². The van der Waals surface area contributed by atoms with Crippen LogP contribution in [0.4, 0.5) is 0 Å². The molecule has 3 heterocycles. The van der Waals surface area contributed by atoms with Crippen molar-refractivity contribution < 1.29 is 103 Å². The highest BCUT2D eigenvalue weighted by Crippen LogP contribution is 2.25. The molecule has 0 bridgehead atoms. The third-order valence-corrected chi connectivity index (χ3v) is 12.2. The van der Waals surface area contributed by atoms with Crippen molar-refractivity contribution in [3.8, 4) is 0 Å². The molecule has 3 aliphatic rings. The second-order valence-corrected chi connectivity index (χ2v) is 18.1. The van der Waals surface area contributed by atoms with Crippen LogP contribution >= 0.6 is 0 Å². The molecule has 24 heteroatoms. The summed E-state index contributed by atoms with van der Waals surface area (Å²) in [5.74, 6) is -1.23. The predicted molar refractivity (Wildman–Crippen MR) is 241 cm³/mol. The first-order valence-electron chi connectivity index (χ1n) is 24.3. The second kappa shape index (κ2) is 33.4. The van der Waals surface area contributed by atoms with E-state index in [0.717, 1.165) is 38.5 Å². The summed E-state index contributed by atoms with van der Waals surface area (Å²) in [6.45, 7) is 7.75. The molecular weight excluding hydrogens is 918 g/mol. The van der Waals surface area contributed by atoms with Gasteiger partial charge in [0.15, 0.2) is 18.9 Å². The van der Waals surface area contributed by atoms with E-state index in [0.29, 0.717) is 58.9 Å². The molecule has 0 aromatic rings. The van der Waals surface area contributed by atoms with Crippen LogP contribution < -0.4 is 16.0 Å². The highest BCUT2D eigenvalue weighted by Gasteiger charge is 2.47. The molecule has 12 N–H and O–H groups in total. The summed E-state index contributed by atoms with van der Waals surface area (Å²) in [5.41, 5.74) is 0. The van der Waals surface area contributed by atoms with Crippen molar-refractivity contribution >= 4 is 17.7 Å².